The predicted molar refractivity (Wildman–Crippen MR) is 81.4 cm³/mol. The highest BCUT2D eigenvalue weighted by atomic mass is 16.3. The van der Waals surface area contributed by atoms with E-state index in [2.05, 4.69) is 27.9 Å². The van der Waals surface area contributed by atoms with Crippen molar-refractivity contribution in [2.75, 3.05) is 26.2 Å². The fourth-order valence-corrected chi connectivity index (χ4v) is 2.80. The summed E-state index contributed by atoms with van der Waals surface area (Å²) in [5.41, 5.74) is 1.85. The van der Waals surface area contributed by atoms with Gasteiger partial charge in [0.25, 0.3) is 5.91 Å². The van der Waals surface area contributed by atoms with Crippen molar-refractivity contribution in [2.24, 2.45) is 0 Å². The molecule has 1 amide bonds. The molecule has 22 heavy (non-hydrogen) atoms. The molecule has 1 saturated heterocycles. The minimum Gasteiger partial charge on any atom is -0.438 e. The van der Waals surface area contributed by atoms with E-state index in [1.54, 1.807) is 13.1 Å². The monoisotopic (exact) mass is 300 g/mol. The van der Waals surface area contributed by atoms with E-state index in [4.69, 9.17) is 4.42 Å². The molecule has 2 aromatic heterocycles. The van der Waals surface area contributed by atoms with Gasteiger partial charge in [-0.3, -0.25) is 14.7 Å². The highest BCUT2D eigenvalue weighted by molar-refractivity contribution is 5.92. The fraction of sp³-hybridized carbons (Fsp3) is 0.438. The third kappa shape index (κ3) is 2.87. The van der Waals surface area contributed by atoms with Crippen molar-refractivity contribution in [1.29, 1.82) is 0 Å². The van der Waals surface area contributed by atoms with Crippen LogP contribution in [0.15, 0.2) is 35.3 Å². The second-order valence-corrected chi connectivity index (χ2v) is 5.56. The molecule has 1 aliphatic heterocycles. The maximum Gasteiger partial charge on any atom is 0.291 e. The molecule has 0 N–H and O–H groups in total. The SMILES string of the molecule is Cc1ncoc1C(=O)N1CCN(C(C)c2cccnc2)CC1. The molecule has 3 rings (SSSR count). The van der Waals surface area contributed by atoms with E-state index in [0.717, 1.165) is 13.1 Å². The summed E-state index contributed by atoms with van der Waals surface area (Å²) in [6.07, 6.45) is 5.01. The molecular formula is C16H20N4O2. The lowest BCUT2D eigenvalue weighted by molar-refractivity contribution is 0.0552. The van der Waals surface area contributed by atoms with Crippen molar-refractivity contribution < 1.29 is 9.21 Å². The molecule has 0 radical (unpaired) electrons. The highest BCUT2D eigenvalue weighted by Gasteiger charge is 2.27. The number of piperazine rings is 1. The quantitative estimate of drug-likeness (QED) is 0.866. The first-order valence-corrected chi connectivity index (χ1v) is 7.50. The van der Waals surface area contributed by atoms with Crippen molar-refractivity contribution in [1.82, 2.24) is 19.8 Å². The molecule has 116 valence electrons. The van der Waals surface area contributed by atoms with Gasteiger partial charge in [0, 0.05) is 44.6 Å². The standard InChI is InChI=1S/C16H20N4O2/c1-12-15(22-11-18-12)16(21)20-8-6-19(7-9-20)13(2)14-4-3-5-17-10-14/h3-5,10-11,13H,6-9H2,1-2H3. The number of carbonyl (C=O) groups excluding carboxylic acids is 1. The van der Waals surface area contributed by atoms with Crippen LogP contribution in [0.4, 0.5) is 0 Å². The lowest BCUT2D eigenvalue weighted by Crippen LogP contribution is -2.49. The van der Waals surface area contributed by atoms with Crippen LogP contribution in [0.25, 0.3) is 0 Å². The summed E-state index contributed by atoms with van der Waals surface area (Å²) in [5.74, 6) is 0.289. The molecule has 0 aromatic carbocycles. The van der Waals surface area contributed by atoms with Crippen LogP contribution < -0.4 is 0 Å². The van der Waals surface area contributed by atoms with Crippen LogP contribution >= 0.6 is 0 Å². The van der Waals surface area contributed by atoms with Gasteiger partial charge in [0.15, 0.2) is 6.39 Å². The van der Waals surface area contributed by atoms with Gasteiger partial charge in [-0.25, -0.2) is 4.98 Å². The van der Waals surface area contributed by atoms with Crippen LogP contribution in [-0.4, -0.2) is 51.9 Å². The summed E-state index contributed by atoms with van der Waals surface area (Å²) in [7, 11) is 0. The normalized spacial score (nSPS) is 17.5. The van der Waals surface area contributed by atoms with Crippen LogP contribution in [0.2, 0.25) is 0 Å². The van der Waals surface area contributed by atoms with Crippen molar-refractivity contribution in [3.63, 3.8) is 0 Å². The van der Waals surface area contributed by atoms with E-state index >= 15 is 0 Å². The van der Waals surface area contributed by atoms with Gasteiger partial charge in [-0.15, -0.1) is 0 Å². The molecule has 0 bridgehead atoms. The number of hydrogen-bond donors (Lipinski definition) is 0. The zero-order valence-corrected chi connectivity index (χ0v) is 12.9. The van der Waals surface area contributed by atoms with Crippen molar-refractivity contribution >= 4 is 5.91 Å². The van der Waals surface area contributed by atoms with Crippen LogP contribution in [-0.2, 0) is 0 Å². The maximum atomic E-state index is 12.4. The third-order valence-corrected chi connectivity index (χ3v) is 4.26. The zero-order valence-electron chi connectivity index (χ0n) is 12.9. The smallest absolute Gasteiger partial charge is 0.291 e. The van der Waals surface area contributed by atoms with Crippen LogP contribution in [0.1, 0.15) is 34.8 Å². The van der Waals surface area contributed by atoms with Crippen molar-refractivity contribution in [3.8, 4) is 0 Å². The first-order chi connectivity index (χ1) is 10.7. The minimum atomic E-state index is -0.0660. The summed E-state index contributed by atoms with van der Waals surface area (Å²) in [5, 5.41) is 0. The van der Waals surface area contributed by atoms with Crippen LogP contribution in [0.3, 0.4) is 0 Å². The van der Waals surface area contributed by atoms with E-state index < -0.39 is 0 Å². The number of hydrogen-bond acceptors (Lipinski definition) is 5. The predicted octanol–water partition coefficient (Wildman–Crippen LogP) is 1.90. The molecular weight excluding hydrogens is 280 g/mol. The molecule has 0 saturated carbocycles. The van der Waals surface area contributed by atoms with Gasteiger partial charge in [0.05, 0.1) is 5.69 Å². The van der Waals surface area contributed by atoms with Crippen molar-refractivity contribution in [2.45, 2.75) is 19.9 Å². The number of amides is 1. The van der Waals surface area contributed by atoms with Gasteiger partial charge in [0.2, 0.25) is 5.76 Å². The summed E-state index contributed by atoms with van der Waals surface area (Å²) >= 11 is 0. The fourth-order valence-electron chi connectivity index (χ4n) is 2.80. The average Bonchev–Trinajstić information content (AvgIpc) is 3.00. The number of oxazole rings is 1. The van der Waals surface area contributed by atoms with Gasteiger partial charge < -0.3 is 9.32 Å². The molecule has 6 heteroatoms. The Morgan fingerprint density at radius 1 is 1.32 bits per heavy atom. The summed E-state index contributed by atoms with van der Waals surface area (Å²) in [6, 6.07) is 4.35. The second-order valence-electron chi connectivity index (χ2n) is 5.56. The molecule has 1 atom stereocenters. The first kappa shape index (κ1) is 14.7. The molecule has 1 aliphatic rings. The molecule has 1 unspecified atom stereocenters. The number of aryl methyl sites for hydroxylation is 1. The van der Waals surface area contributed by atoms with Gasteiger partial charge in [-0.1, -0.05) is 6.07 Å². The Bertz CT molecular complexity index is 633. The topological polar surface area (TPSA) is 62.5 Å². The molecule has 3 heterocycles. The molecule has 0 aliphatic carbocycles. The number of pyridine rings is 1. The largest absolute Gasteiger partial charge is 0.438 e. The van der Waals surface area contributed by atoms with E-state index in [1.807, 2.05) is 17.2 Å². The Morgan fingerprint density at radius 3 is 2.68 bits per heavy atom. The Balaban J connectivity index is 1.61. The number of nitrogens with zero attached hydrogens (tertiary/aromatic N) is 4. The Labute approximate surface area is 129 Å². The molecule has 1 fully saturated rings. The number of aromatic nitrogens is 2. The van der Waals surface area contributed by atoms with Crippen LogP contribution in [0.5, 0.6) is 0 Å². The summed E-state index contributed by atoms with van der Waals surface area (Å²) < 4.78 is 5.20. The van der Waals surface area contributed by atoms with Gasteiger partial charge >= 0.3 is 0 Å². The van der Waals surface area contributed by atoms with Gasteiger partial charge in [-0.05, 0) is 25.5 Å². The number of rotatable bonds is 3. The van der Waals surface area contributed by atoms with Crippen molar-refractivity contribution in [3.05, 3.63) is 47.9 Å². The highest BCUT2D eigenvalue weighted by Crippen LogP contribution is 2.21. The zero-order chi connectivity index (χ0) is 15.5. The van der Waals surface area contributed by atoms with Gasteiger partial charge in [-0.2, -0.15) is 0 Å². The Morgan fingerprint density at radius 2 is 2.09 bits per heavy atom. The van der Waals surface area contributed by atoms with E-state index in [-0.39, 0.29) is 5.91 Å². The first-order valence-electron chi connectivity index (χ1n) is 7.50. The van der Waals surface area contributed by atoms with Crippen LogP contribution in [0, 0.1) is 6.92 Å². The minimum absolute atomic E-state index is 0.0660. The maximum absolute atomic E-state index is 12.4. The lowest BCUT2D eigenvalue weighted by atomic mass is 10.1. The molecule has 2 aromatic rings. The number of carbonyl (C=O) groups is 1. The Hall–Kier alpha value is -2.21. The Kier molecular flexibility index (Phi) is 4.20. The van der Waals surface area contributed by atoms with E-state index in [0.29, 0.717) is 30.6 Å². The summed E-state index contributed by atoms with van der Waals surface area (Å²) in [6.45, 7) is 7.05. The third-order valence-electron chi connectivity index (χ3n) is 4.26. The molecule has 0 spiro atoms. The summed E-state index contributed by atoms with van der Waals surface area (Å²) in [4.78, 5) is 24.8. The lowest BCUT2D eigenvalue weighted by Gasteiger charge is -2.37. The van der Waals surface area contributed by atoms with Gasteiger partial charge in [0.1, 0.15) is 0 Å². The second kappa shape index (κ2) is 6.27. The van der Waals surface area contributed by atoms with E-state index in [1.165, 1.54) is 12.0 Å². The molecule has 6 nitrogen and oxygen atoms in total. The van der Waals surface area contributed by atoms with E-state index in [9.17, 15) is 4.79 Å². The average molecular weight is 300 g/mol.